The smallest absolute Gasteiger partial charge is 0.348 e. The number of hydrogen-bond acceptors (Lipinski definition) is 6. The van der Waals surface area contributed by atoms with Crippen LogP contribution < -0.4 is 4.74 Å². The molecule has 3 aromatic carbocycles. The summed E-state index contributed by atoms with van der Waals surface area (Å²) < 4.78 is 12.2. The van der Waals surface area contributed by atoms with Gasteiger partial charge in [-0.3, -0.25) is 0 Å². The van der Waals surface area contributed by atoms with Gasteiger partial charge in [0.15, 0.2) is 0 Å². The molecule has 4 atom stereocenters. The largest absolute Gasteiger partial charge is 0.459 e. The third-order valence-corrected chi connectivity index (χ3v) is 8.95. The van der Waals surface area contributed by atoms with Gasteiger partial charge in [-0.2, -0.15) is 5.26 Å². The molecule has 3 aliphatic rings. The van der Waals surface area contributed by atoms with Crippen molar-refractivity contribution in [3.8, 4) is 17.6 Å². The molecule has 200 valence electrons. The lowest BCUT2D eigenvalue weighted by atomic mass is 9.83. The maximum Gasteiger partial charge on any atom is 0.348 e. The first-order valence-corrected chi connectivity index (χ1v) is 14.0. The van der Waals surface area contributed by atoms with Crippen LogP contribution >= 0.6 is 0 Å². The summed E-state index contributed by atoms with van der Waals surface area (Å²) in [4.78, 5) is 16.2. The summed E-state index contributed by atoms with van der Waals surface area (Å²) in [7, 11) is 2.19. The molecular weight excluding hydrogens is 488 g/mol. The summed E-state index contributed by atoms with van der Waals surface area (Å²) in [6, 6.07) is 24.7. The van der Waals surface area contributed by atoms with Gasteiger partial charge < -0.3 is 19.5 Å². The lowest BCUT2D eigenvalue weighted by molar-refractivity contribution is -0.171. The number of benzene rings is 3. The summed E-state index contributed by atoms with van der Waals surface area (Å²) in [5.41, 5.74) is 0.905. The van der Waals surface area contributed by atoms with Gasteiger partial charge in [-0.05, 0) is 87.9 Å². The second-order valence-electron chi connectivity index (χ2n) is 11.2. The molecule has 0 aromatic heterocycles. The fourth-order valence-electron chi connectivity index (χ4n) is 7.06. The average Bonchev–Trinajstić information content (AvgIpc) is 3.54. The molecule has 0 amide bonds. The number of para-hydroxylation sites is 2. The van der Waals surface area contributed by atoms with E-state index >= 15 is 0 Å². The van der Waals surface area contributed by atoms with Gasteiger partial charge in [0, 0.05) is 23.1 Å². The van der Waals surface area contributed by atoms with Crippen LogP contribution in [0, 0.1) is 23.2 Å². The Morgan fingerprint density at radius 2 is 1.69 bits per heavy atom. The summed E-state index contributed by atoms with van der Waals surface area (Å²) >= 11 is 0. The van der Waals surface area contributed by atoms with Gasteiger partial charge >= 0.3 is 5.97 Å². The molecule has 2 fully saturated rings. The highest BCUT2D eigenvalue weighted by atomic mass is 16.6. The zero-order chi connectivity index (χ0) is 27.0. The van der Waals surface area contributed by atoms with Crippen LogP contribution in [0.2, 0.25) is 0 Å². The van der Waals surface area contributed by atoms with Crippen molar-refractivity contribution in [1.82, 2.24) is 4.90 Å². The van der Waals surface area contributed by atoms with E-state index in [1.165, 1.54) is 5.56 Å². The predicted octanol–water partition coefficient (Wildman–Crippen LogP) is 5.56. The topological polar surface area (TPSA) is 82.8 Å². The highest BCUT2D eigenvalue weighted by Crippen LogP contribution is 2.51. The number of carbonyl (C=O) groups excluding carboxylic acids is 1. The quantitative estimate of drug-likeness (QED) is 0.308. The van der Waals surface area contributed by atoms with Crippen LogP contribution in [0.4, 0.5) is 0 Å². The number of rotatable bonds is 8. The summed E-state index contributed by atoms with van der Waals surface area (Å²) in [5, 5.41) is 20.9. The van der Waals surface area contributed by atoms with Crippen molar-refractivity contribution >= 4 is 5.97 Å². The van der Waals surface area contributed by atoms with Crippen LogP contribution in [-0.2, 0) is 21.6 Å². The van der Waals surface area contributed by atoms with Gasteiger partial charge in [0.1, 0.15) is 17.6 Å². The molecule has 1 aliphatic heterocycles. The molecular formula is C33H34N2O4. The van der Waals surface area contributed by atoms with Crippen LogP contribution in [0.1, 0.15) is 54.4 Å². The van der Waals surface area contributed by atoms with Gasteiger partial charge in [-0.25, -0.2) is 4.79 Å². The number of carbonyl (C=O) groups is 1. The maximum atomic E-state index is 13.8. The number of nitrogens with zero attached hydrogens (tertiary/aromatic N) is 2. The molecule has 6 nitrogen and oxygen atoms in total. The number of ether oxygens (including phenoxy) is 2. The Balaban J connectivity index is 1.10. The van der Waals surface area contributed by atoms with Crippen LogP contribution in [0.25, 0.3) is 0 Å². The first-order valence-electron chi connectivity index (χ1n) is 14.0. The van der Waals surface area contributed by atoms with Crippen molar-refractivity contribution in [3.63, 3.8) is 0 Å². The van der Waals surface area contributed by atoms with Crippen LogP contribution in [0.5, 0.6) is 11.5 Å². The second kappa shape index (κ2) is 10.5. The molecule has 4 unspecified atom stereocenters. The van der Waals surface area contributed by atoms with E-state index in [1.807, 2.05) is 36.4 Å². The fourth-order valence-corrected chi connectivity index (χ4v) is 7.06. The molecule has 1 N–H and O–H groups in total. The Morgan fingerprint density at radius 1 is 1.03 bits per heavy atom. The monoisotopic (exact) mass is 522 g/mol. The highest BCUT2D eigenvalue weighted by Gasteiger charge is 2.54. The van der Waals surface area contributed by atoms with Gasteiger partial charge in [0.2, 0.25) is 5.60 Å². The zero-order valence-electron chi connectivity index (χ0n) is 22.3. The predicted molar refractivity (Wildman–Crippen MR) is 147 cm³/mol. The first kappa shape index (κ1) is 25.6. The van der Waals surface area contributed by atoms with Crippen molar-refractivity contribution in [2.75, 3.05) is 13.6 Å². The third-order valence-electron chi connectivity index (χ3n) is 8.95. The summed E-state index contributed by atoms with van der Waals surface area (Å²) in [6.07, 6.45) is 6.01. The zero-order valence-corrected chi connectivity index (χ0v) is 22.3. The summed E-state index contributed by atoms with van der Waals surface area (Å²) in [6.45, 7) is 0.997. The Morgan fingerprint density at radius 3 is 2.36 bits per heavy atom. The van der Waals surface area contributed by atoms with Gasteiger partial charge in [-0.1, -0.05) is 48.5 Å². The first-order chi connectivity index (χ1) is 19.0. The van der Waals surface area contributed by atoms with Crippen LogP contribution in [0.15, 0.2) is 72.8 Å². The number of aliphatic hydroxyl groups is 1. The molecule has 0 saturated heterocycles. The maximum absolute atomic E-state index is 13.8. The highest BCUT2D eigenvalue weighted by molar-refractivity contribution is 5.88. The van der Waals surface area contributed by atoms with E-state index in [1.54, 1.807) is 36.4 Å². The van der Waals surface area contributed by atoms with Crippen molar-refractivity contribution in [2.24, 2.45) is 11.8 Å². The number of aryl methyl sites for hydroxylation is 1. The molecule has 2 saturated carbocycles. The number of esters is 1. The molecule has 1 heterocycles. The molecule has 39 heavy (non-hydrogen) atoms. The summed E-state index contributed by atoms with van der Waals surface area (Å²) in [5.74, 6) is 1.10. The van der Waals surface area contributed by atoms with Gasteiger partial charge in [0.05, 0.1) is 11.6 Å². The second-order valence-corrected chi connectivity index (χ2v) is 11.2. The lowest BCUT2D eigenvalue weighted by Crippen LogP contribution is -2.44. The minimum atomic E-state index is -1.90. The normalized spacial score (nSPS) is 23.9. The SMILES string of the molecule is CN(CCCCc1ccc(C#N)cc1)C1C2CCC1C(OC(=O)C1(O)c3ccccc3Oc3ccccc31)C2. The van der Waals surface area contributed by atoms with E-state index in [4.69, 9.17) is 14.7 Å². The standard InChI is InChI=1S/C33H34N2O4/c1-35(19-7-6-8-22-13-15-23(21-34)16-14-22)31-24-17-18-25(31)30(20-24)39-32(36)33(37)26-9-2-4-11-28(26)38-29-12-5-3-10-27(29)33/h2-5,9-16,24-25,30-31,37H,6-8,17-20H2,1H3. The number of unbranched alkanes of at least 4 members (excludes halogenated alkanes) is 1. The Labute approximate surface area is 229 Å². The molecule has 6 heteroatoms. The Kier molecular flexibility index (Phi) is 6.88. The molecule has 2 aliphatic carbocycles. The molecule has 6 rings (SSSR count). The fraction of sp³-hybridized carbons (Fsp3) is 0.394. The third kappa shape index (κ3) is 4.60. The van der Waals surface area contributed by atoms with Crippen molar-refractivity contribution < 1.29 is 19.4 Å². The number of fused-ring (bicyclic) bond motifs is 4. The van der Waals surface area contributed by atoms with E-state index < -0.39 is 11.6 Å². The van der Waals surface area contributed by atoms with E-state index in [-0.39, 0.29) is 12.0 Å². The molecule has 0 radical (unpaired) electrons. The van der Waals surface area contributed by atoms with Crippen molar-refractivity contribution in [3.05, 3.63) is 95.1 Å². The lowest BCUT2D eigenvalue weighted by Gasteiger charge is -2.35. The van der Waals surface area contributed by atoms with E-state index in [0.717, 1.165) is 45.1 Å². The van der Waals surface area contributed by atoms with E-state index in [2.05, 4.69) is 18.0 Å². The van der Waals surface area contributed by atoms with E-state index in [9.17, 15) is 9.90 Å². The number of nitriles is 1. The average molecular weight is 523 g/mol. The molecule has 2 bridgehead atoms. The Hall–Kier alpha value is -3.66. The van der Waals surface area contributed by atoms with Crippen LogP contribution in [-0.4, -0.2) is 41.7 Å². The van der Waals surface area contributed by atoms with Gasteiger partial charge in [-0.15, -0.1) is 0 Å². The van der Waals surface area contributed by atoms with Crippen LogP contribution in [0.3, 0.4) is 0 Å². The minimum Gasteiger partial charge on any atom is -0.459 e. The molecule has 3 aromatic rings. The molecule has 0 spiro atoms. The van der Waals surface area contributed by atoms with Crippen molar-refractivity contribution in [1.29, 1.82) is 5.26 Å². The van der Waals surface area contributed by atoms with Crippen molar-refractivity contribution in [2.45, 2.75) is 56.3 Å². The minimum absolute atomic E-state index is 0.200. The Bertz CT molecular complexity index is 1350. The number of hydrogen-bond donors (Lipinski definition) is 1. The van der Waals surface area contributed by atoms with Gasteiger partial charge in [0.25, 0.3) is 0 Å². The van der Waals surface area contributed by atoms with E-state index in [0.29, 0.717) is 40.1 Å².